The Balaban J connectivity index is 1.60. The van der Waals surface area contributed by atoms with Crippen molar-refractivity contribution < 1.29 is 4.79 Å². The molecule has 0 saturated carbocycles. The van der Waals surface area contributed by atoms with E-state index in [9.17, 15) is 4.79 Å². The highest BCUT2D eigenvalue weighted by Crippen LogP contribution is 2.20. The molecule has 0 radical (unpaired) electrons. The smallest absolute Gasteiger partial charge is 0.230 e. The number of hydrogen-bond acceptors (Lipinski definition) is 5. The second-order valence-corrected chi connectivity index (χ2v) is 7.15. The lowest BCUT2D eigenvalue weighted by molar-refractivity contribution is -0.118. The zero-order valence-electron chi connectivity index (χ0n) is 14.4. The number of aromatic nitrogens is 4. The van der Waals surface area contributed by atoms with Crippen molar-refractivity contribution in [3.63, 3.8) is 0 Å². The van der Waals surface area contributed by atoms with Crippen LogP contribution in [-0.2, 0) is 11.3 Å². The van der Waals surface area contributed by atoms with Gasteiger partial charge in [0.05, 0.1) is 11.4 Å². The lowest BCUT2D eigenvalue weighted by Gasteiger charge is -2.08. The van der Waals surface area contributed by atoms with E-state index in [2.05, 4.69) is 27.8 Å². The SMILES string of the molecule is Cc1ccc(-n2nnnc2SCC(=O)NCc2ccccc2Cl)cc1C. The molecule has 1 N–H and O–H groups in total. The zero-order chi connectivity index (χ0) is 18.5. The highest BCUT2D eigenvalue weighted by atomic mass is 35.5. The number of rotatable bonds is 6. The van der Waals surface area contributed by atoms with E-state index in [1.54, 1.807) is 10.7 Å². The number of carbonyl (C=O) groups is 1. The number of halogens is 1. The summed E-state index contributed by atoms with van der Waals surface area (Å²) in [7, 11) is 0. The third-order valence-corrected chi connectivity index (χ3v) is 5.23. The number of carbonyl (C=O) groups excluding carboxylic acids is 1. The number of aryl methyl sites for hydroxylation is 2. The van der Waals surface area contributed by atoms with Crippen molar-refractivity contribution in [1.29, 1.82) is 0 Å². The molecule has 0 bridgehead atoms. The Morgan fingerprint density at radius 3 is 2.77 bits per heavy atom. The maximum absolute atomic E-state index is 12.1. The first-order valence-electron chi connectivity index (χ1n) is 8.03. The van der Waals surface area contributed by atoms with E-state index in [1.807, 2.05) is 43.3 Å². The predicted molar refractivity (Wildman–Crippen MR) is 103 cm³/mol. The average molecular weight is 388 g/mol. The molecule has 3 aromatic rings. The molecule has 0 unspecified atom stereocenters. The molecule has 26 heavy (non-hydrogen) atoms. The van der Waals surface area contributed by atoms with Crippen LogP contribution in [0.5, 0.6) is 0 Å². The molecule has 0 atom stereocenters. The average Bonchev–Trinajstić information content (AvgIpc) is 3.10. The normalized spacial score (nSPS) is 10.7. The van der Waals surface area contributed by atoms with Crippen LogP contribution >= 0.6 is 23.4 Å². The van der Waals surface area contributed by atoms with Gasteiger partial charge in [0.1, 0.15) is 0 Å². The predicted octanol–water partition coefficient (Wildman–Crippen LogP) is 3.34. The molecule has 0 saturated heterocycles. The molecular formula is C18H18ClN5OS. The zero-order valence-corrected chi connectivity index (χ0v) is 16.0. The largest absolute Gasteiger partial charge is 0.351 e. The highest BCUT2D eigenvalue weighted by molar-refractivity contribution is 7.99. The lowest BCUT2D eigenvalue weighted by atomic mass is 10.1. The quantitative estimate of drug-likeness (QED) is 0.657. The fraction of sp³-hybridized carbons (Fsp3) is 0.222. The molecule has 0 spiro atoms. The Labute approximate surface area is 160 Å². The lowest BCUT2D eigenvalue weighted by Crippen LogP contribution is -2.24. The summed E-state index contributed by atoms with van der Waals surface area (Å²) in [5, 5.41) is 15.8. The highest BCUT2D eigenvalue weighted by Gasteiger charge is 2.12. The molecule has 6 nitrogen and oxygen atoms in total. The van der Waals surface area contributed by atoms with Crippen molar-refractivity contribution in [2.75, 3.05) is 5.75 Å². The maximum atomic E-state index is 12.1. The molecule has 0 aliphatic carbocycles. The van der Waals surface area contributed by atoms with Gasteiger partial charge in [0.2, 0.25) is 11.1 Å². The van der Waals surface area contributed by atoms with Crippen LogP contribution in [0.3, 0.4) is 0 Å². The first-order valence-corrected chi connectivity index (χ1v) is 9.40. The van der Waals surface area contributed by atoms with Crippen LogP contribution in [-0.4, -0.2) is 31.9 Å². The molecular weight excluding hydrogens is 370 g/mol. The molecule has 0 fully saturated rings. The summed E-state index contributed by atoms with van der Waals surface area (Å²) in [6, 6.07) is 13.4. The third kappa shape index (κ3) is 4.42. The summed E-state index contributed by atoms with van der Waals surface area (Å²) in [5.41, 5.74) is 4.12. The number of thioether (sulfide) groups is 1. The molecule has 0 aliphatic rings. The second kappa shape index (κ2) is 8.33. The van der Waals surface area contributed by atoms with Gasteiger partial charge in [0, 0.05) is 11.6 Å². The van der Waals surface area contributed by atoms with Gasteiger partial charge in [-0.2, -0.15) is 4.68 Å². The van der Waals surface area contributed by atoms with Crippen molar-refractivity contribution >= 4 is 29.3 Å². The molecule has 2 aromatic carbocycles. The van der Waals surface area contributed by atoms with Gasteiger partial charge < -0.3 is 5.32 Å². The minimum absolute atomic E-state index is 0.107. The van der Waals surface area contributed by atoms with Crippen LogP contribution in [0.2, 0.25) is 5.02 Å². The van der Waals surface area contributed by atoms with Gasteiger partial charge in [-0.05, 0) is 59.2 Å². The Morgan fingerprint density at radius 1 is 1.19 bits per heavy atom. The first-order chi connectivity index (χ1) is 12.5. The second-order valence-electron chi connectivity index (χ2n) is 5.80. The van der Waals surface area contributed by atoms with Gasteiger partial charge in [-0.3, -0.25) is 4.79 Å². The number of tetrazole rings is 1. The molecule has 1 heterocycles. The van der Waals surface area contributed by atoms with Crippen LogP contribution in [0.1, 0.15) is 16.7 Å². The Kier molecular flexibility index (Phi) is 5.90. The summed E-state index contributed by atoms with van der Waals surface area (Å²) in [6.07, 6.45) is 0. The Morgan fingerprint density at radius 2 is 2.00 bits per heavy atom. The molecule has 0 aliphatic heterocycles. The molecule has 1 aromatic heterocycles. The van der Waals surface area contributed by atoms with E-state index in [0.29, 0.717) is 16.7 Å². The fourth-order valence-corrected chi connectivity index (χ4v) is 3.23. The monoisotopic (exact) mass is 387 g/mol. The maximum Gasteiger partial charge on any atom is 0.230 e. The van der Waals surface area contributed by atoms with E-state index in [4.69, 9.17) is 11.6 Å². The van der Waals surface area contributed by atoms with Crippen LogP contribution in [0.25, 0.3) is 5.69 Å². The Bertz CT molecular complexity index is 927. The van der Waals surface area contributed by atoms with Gasteiger partial charge in [-0.25, -0.2) is 0 Å². The van der Waals surface area contributed by atoms with Gasteiger partial charge in [-0.15, -0.1) is 5.10 Å². The standard InChI is InChI=1S/C18H18ClN5OS/c1-12-7-8-15(9-13(12)2)24-18(21-22-23-24)26-11-17(25)20-10-14-5-3-4-6-16(14)19/h3-9H,10-11H2,1-2H3,(H,20,25). The summed E-state index contributed by atoms with van der Waals surface area (Å²) in [6.45, 7) is 4.48. The van der Waals surface area contributed by atoms with Crippen LogP contribution in [0, 0.1) is 13.8 Å². The third-order valence-electron chi connectivity index (χ3n) is 3.94. The van der Waals surface area contributed by atoms with Gasteiger partial charge in [0.25, 0.3) is 0 Å². The molecule has 8 heteroatoms. The van der Waals surface area contributed by atoms with E-state index in [0.717, 1.165) is 16.8 Å². The number of nitrogens with one attached hydrogen (secondary N) is 1. The molecule has 1 amide bonds. The van der Waals surface area contributed by atoms with E-state index in [1.165, 1.54) is 17.3 Å². The van der Waals surface area contributed by atoms with Gasteiger partial charge in [0.15, 0.2) is 0 Å². The number of amides is 1. The van der Waals surface area contributed by atoms with E-state index in [-0.39, 0.29) is 11.7 Å². The number of nitrogens with zero attached hydrogens (tertiary/aromatic N) is 4. The van der Waals surface area contributed by atoms with E-state index < -0.39 is 0 Å². The molecule has 3 rings (SSSR count). The topological polar surface area (TPSA) is 72.7 Å². The van der Waals surface area contributed by atoms with Crippen molar-refractivity contribution in [2.24, 2.45) is 0 Å². The summed E-state index contributed by atoms with van der Waals surface area (Å²) < 4.78 is 1.64. The Hall–Kier alpha value is -2.38. The van der Waals surface area contributed by atoms with Crippen molar-refractivity contribution in [3.05, 3.63) is 64.2 Å². The minimum atomic E-state index is -0.107. The van der Waals surface area contributed by atoms with E-state index >= 15 is 0 Å². The summed E-state index contributed by atoms with van der Waals surface area (Å²) in [5.74, 6) is 0.111. The minimum Gasteiger partial charge on any atom is -0.351 e. The fourth-order valence-electron chi connectivity index (χ4n) is 2.31. The molecule has 134 valence electrons. The van der Waals surface area contributed by atoms with Crippen molar-refractivity contribution in [2.45, 2.75) is 25.5 Å². The van der Waals surface area contributed by atoms with Crippen LogP contribution < -0.4 is 5.32 Å². The van der Waals surface area contributed by atoms with Crippen molar-refractivity contribution in [1.82, 2.24) is 25.5 Å². The van der Waals surface area contributed by atoms with Crippen molar-refractivity contribution in [3.8, 4) is 5.69 Å². The van der Waals surface area contributed by atoms with Crippen LogP contribution in [0.15, 0.2) is 47.6 Å². The summed E-state index contributed by atoms with van der Waals surface area (Å²) >= 11 is 7.38. The van der Waals surface area contributed by atoms with Gasteiger partial charge >= 0.3 is 0 Å². The summed E-state index contributed by atoms with van der Waals surface area (Å²) in [4.78, 5) is 12.1. The van der Waals surface area contributed by atoms with Crippen LogP contribution in [0.4, 0.5) is 0 Å². The number of benzene rings is 2. The van der Waals surface area contributed by atoms with Gasteiger partial charge in [-0.1, -0.05) is 47.6 Å². The number of hydrogen-bond donors (Lipinski definition) is 1. The first kappa shape index (κ1) is 18.4.